The molecule has 0 saturated carbocycles. The molecule has 1 atom stereocenters. The predicted molar refractivity (Wildman–Crippen MR) is 63.6 cm³/mol. The number of rotatable bonds is 6. The molecule has 0 amide bonds. The molecule has 0 aromatic heterocycles. The summed E-state index contributed by atoms with van der Waals surface area (Å²) in [7, 11) is 0. The largest absolute Gasteiger partial charge is 0.385 e. The predicted octanol–water partition coefficient (Wildman–Crippen LogP) is 3.92. The Morgan fingerprint density at radius 2 is 1.86 bits per heavy atom. The Labute approximate surface area is 87.5 Å². The van der Waals surface area contributed by atoms with Crippen LogP contribution in [0.2, 0.25) is 0 Å². The second-order valence-corrected chi connectivity index (χ2v) is 3.81. The molecule has 1 N–H and O–H groups in total. The highest BCUT2D eigenvalue weighted by atomic mass is 14.9. The first-order chi connectivity index (χ1) is 6.86. The molecular formula is C13H21N. The van der Waals surface area contributed by atoms with Gasteiger partial charge in [0.25, 0.3) is 0 Å². The second kappa shape index (κ2) is 6.47. The minimum atomic E-state index is 0.820. The van der Waals surface area contributed by atoms with Crippen LogP contribution < -0.4 is 5.32 Å². The van der Waals surface area contributed by atoms with Crippen molar-refractivity contribution in [1.82, 2.24) is 0 Å². The zero-order valence-corrected chi connectivity index (χ0v) is 9.29. The van der Waals surface area contributed by atoms with Crippen molar-refractivity contribution >= 4 is 5.69 Å². The molecule has 0 aliphatic rings. The number of anilines is 1. The van der Waals surface area contributed by atoms with E-state index in [2.05, 4.69) is 49.5 Å². The molecule has 1 heteroatoms. The molecule has 0 aliphatic carbocycles. The molecule has 14 heavy (non-hydrogen) atoms. The van der Waals surface area contributed by atoms with Crippen molar-refractivity contribution in [3.05, 3.63) is 30.3 Å². The minimum Gasteiger partial charge on any atom is -0.385 e. The van der Waals surface area contributed by atoms with Crippen LogP contribution in [0.5, 0.6) is 0 Å². The molecule has 78 valence electrons. The molecule has 1 aromatic rings. The third kappa shape index (κ3) is 3.82. The van der Waals surface area contributed by atoms with Crippen LogP contribution in [0.1, 0.15) is 33.1 Å². The van der Waals surface area contributed by atoms with Crippen LogP contribution in [-0.2, 0) is 0 Å². The maximum atomic E-state index is 3.48. The molecule has 0 saturated heterocycles. The van der Waals surface area contributed by atoms with E-state index < -0.39 is 0 Å². The van der Waals surface area contributed by atoms with Crippen molar-refractivity contribution in [3.63, 3.8) is 0 Å². The Bertz CT molecular complexity index is 230. The summed E-state index contributed by atoms with van der Waals surface area (Å²) in [5, 5.41) is 3.48. The summed E-state index contributed by atoms with van der Waals surface area (Å²) in [4.78, 5) is 0. The molecule has 1 nitrogen and oxygen atoms in total. The highest BCUT2D eigenvalue weighted by molar-refractivity contribution is 5.42. The molecule has 1 aromatic carbocycles. The van der Waals surface area contributed by atoms with Crippen molar-refractivity contribution in [2.24, 2.45) is 5.92 Å². The lowest BCUT2D eigenvalue weighted by Gasteiger charge is -2.15. The third-order valence-electron chi connectivity index (χ3n) is 2.64. The normalized spacial score (nSPS) is 12.4. The molecule has 0 bridgehead atoms. The number of nitrogens with one attached hydrogen (secondary N) is 1. The second-order valence-electron chi connectivity index (χ2n) is 3.81. The molecule has 0 aliphatic heterocycles. The van der Waals surface area contributed by atoms with E-state index in [1.54, 1.807) is 0 Å². The summed E-state index contributed by atoms with van der Waals surface area (Å²) < 4.78 is 0. The lowest BCUT2D eigenvalue weighted by molar-refractivity contribution is 0.488. The zero-order chi connectivity index (χ0) is 10.2. The van der Waals surface area contributed by atoms with Crippen LogP contribution in [0.25, 0.3) is 0 Å². The average molecular weight is 191 g/mol. The summed E-state index contributed by atoms with van der Waals surface area (Å²) in [5.41, 5.74) is 1.24. The van der Waals surface area contributed by atoms with Gasteiger partial charge < -0.3 is 5.32 Å². The molecule has 1 rings (SSSR count). The van der Waals surface area contributed by atoms with Crippen molar-refractivity contribution < 1.29 is 0 Å². The van der Waals surface area contributed by atoms with Gasteiger partial charge in [0, 0.05) is 12.2 Å². The van der Waals surface area contributed by atoms with Crippen molar-refractivity contribution in [2.75, 3.05) is 11.9 Å². The van der Waals surface area contributed by atoms with E-state index in [0.717, 1.165) is 12.5 Å². The van der Waals surface area contributed by atoms with Crippen molar-refractivity contribution in [1.29, 1.82) is 0 Å². The number of hydrogen-bond acceptors (Lipinski definition) is 1. The molecular weight excluding hydrogens is 170 g/mol. The fourth-order valence-electron chi connectivity index (χ4n) is 1.68. The van der Waals surface area contributed by atoms with E-state index >= 15 is 0 Å². The molecule has 0 heterocycles. The van der Waals surface area contributed by atoms with Crippen molar-refractivity contribution in [2.45, 2.75) is 33.1 Å². The summed E-state index contributed by atoms with van der Waals surface area (Å²) in [6, 6.07) is 10.4. The first kappa shape index (κ1) is 11.1. The zero-order valence-electron chi connectivity index (χ0n) is 9.29. The summed E-state index contributed by atoms with van der Waals surface area (Å²) >= 11 is 0. The van der Waals surface area contributed by atoms with Crippen LogP contribution >= 0.6 is 0 Å². The van der Waals surface area contributed by atoms with Crippen molar-refractivity contribution in [3.8, 4) is 0 Å². The number of hydrogen-bond donors (Lipinski definition) is 1. The van der Waals surface area contributed by atoms with Gasteiger partial charge in [0.1, 0.15) is 0 Å². The maximum absolute atomic E-state index is 3.48. The Balaban J connectivity index is 2.32. The van der Waals surface area contributed by atoms with Crippen LogP contribution in [0.3, 0.4) is 0 Å². The van der Waals surface area contributed by atoms with Gasteiger partial charge >= 0.3 is 0 Å². The third-order valence-corrected chi connectivity index (χ3v) is 2.64. The highest BCUT2D eigenvalue weighted by Crippen LogP contribution is 2.12. The van der Waals surface area contributed by atoms with Gasteiger partial charge in [-0.1, -0.05) is 44.9 Å². The summed E-state index contributed by atoms with van der Waals surface area (Å²) in [5.74, 6) is 0.820. The van der Waals surface area contributed by atoms with Gasteiger partial charge in [0.15, 0.2) is 0 Å². The van der Waals surface area contributed by atoms with Crippen LogP contribution in [0.15, 0.2) is 30.3 Å². The van der Waals surface area contributed by atoms with Gasteiger partial charge in [-0.15, -0.1) is 0 Å². The standard InChI is InChI=1S/C13H21N/c1-3-8-12(4-2)11-14-13-9-6-5-7-10-13/h5-7,9-10,12,14H,3-4,8,11H2,1-2H3/t12-/m0/s1. The fraction of sp³-hybridized carbons (Fsp3) is 0.538. The molecule has 0 radical (unpaired) electrons. The van der Waals surface area contributed by atoms with Gasteiger partial charge in [-0.05, 0) is 24.5 Å². The lowest BCUT2D eigenvalue weighted by atomic mass is 10.0. The first-order valence-corrected chi connectivity index (χ1v) is 5.65. The average Bonchev–Trinajstić information content (AvgIpc) is 2.25. The maximum Gasteiger partial charge on any atom is 0.0340 e. The smallest absolute Gasteiger partial charge is 0.0340 e. The molecule has 0 fully saturated rings. The Morgan fingerprint density at radius 3 is 2.43 bits per heavy atom. The quantitative estimate of drug-likeness (QED) is 0.718. The summed E-state index contributed by atoms with van der Waals surface area (Å²) in [6.07, 6.45) is 3.89. The van der Waals surface area contributed by atoms with E-state index in [4.69, 9.17) is 0 Å². The van der Waals surface area contributed by atoms with E-state index in [1.807, 2.05) is 0 Å². The van der Waals surface area contributed by atoms with Gasteiger partial charge in [-0.3, -0.25) is 0 Å². The number of benzene rings is 1. The van der Waals surface area contributed by atoms with Crippen LogP contribution in [-0.4, -0.2) is 6.54 Å². The fourth-order valence-corrected chi connectivity index (χ4v) is 1.68. The Kier molecular flexibility index (Phi) is 5.13. The van der Waals surface area contributed by atoms with E-state index in [1.165, 1.54) is 24.9 Å². The van der Waals surface area contributed by atoms with Gasteiger partial charge in [-0.2, -0.15) is 0 Å². The van der Waals surface area contributed by atoms with E-state index in [-0.39, 0.29) is 0 Å². The van der Waals surface area contributed by atoms with Crippen LogP contribution in [0, 0.1) is 5.92 Å². The molecule has 0 unspecified atom stereocenters. The van der Waals surface area contributed by atoms with Gasteiger partial charge in [0.05, 0.1) is 0 Å². The van der Waals surface area contributed by atoms with Gasteiger partial charge in [0.2, 0.25) is 0 Å². The van der Waals surface area contributed by atoms with E-state index in [0.29, 0.717) is 0 Å². The molecule has 0 spiro atoms. The first-order valence-electron chi connectivity index (χ1n) is 5.65. The summed E-state index contributed by atoms with van der Waals surface area (Å²) in [6.45, 7) is 5.63. The lowest BCUT2D eigenvalue weighted by Crippen LogP contribution is -2.13. The van der Waals surface area contributed by atoms with Crippen LogP contribution in [0.4, 0.5) is 5.69 Å². The minimum absolute atomic E-state index is 0.820. The monoisotopic (exact) mass is 191 g/mol. The van der Waals surface area contributed by atoms with E-state index in [9.17, 15) is 0 Å². The SMILES string of the molecule is CCC[C@H](CC)CNc1ccccc1. The van der Waals surface area contributed by atoms with Gasteiger partial charge in [-0.25, -0.2) is 0 Å². The Hall–Kier alpha value is -0.980. The topological polar surface area (TPSA) is 12.0 Å². The highest BCUT2D eigenvalue weighted by Gasteiger charge is 2.03. The number of para-hydroxylation sites is 1. The Morgan fingerprint density at radius 1 is 1.14 bits per heavy atom.